The van der Waals surface area contributed by atoms with Gasteiger partial charge >= 0.3 is 0 Å². The Hall–Kier alpha value is -3.65. The maximum absolute atomic E-state index is 14.7. The molecule has 3 heterocycles. The molecule has 0 fully saturated rings. The number of amides is 1. The minimum Gasteiger partial charge on any atom is -0.319 e. The fourth-order valence-electron chi connectivity index (χ4n) is 3.13. The topological polar surface area (TPSA) is 89.8 Å². The van der Waals surface area contributed by atoms with Crippen molar-refractivity contribution in [2.75, 3.05) is 5.32 Å². The number of aryl methyl sites for hydroxylation is 3. The highest BCUT2D eigenvalue weighted by atomic mass is 35.5. The van der Waals surface area contributed by atoms with E-state index in [0.29, 0.717) is 11.4 Å². The van der Waals surface area contributed by atoms with E-state index in [0.717, 1.165) is 17.2 Å². The van der Waals surface area contributed by atoms with Gasteiger partial charge in [0.2, 0.25) is 5.43 Å². The molecule has 7 nitrogen and oxygen atoms in total. The van der Waals surface area contributed by atoms with E-state index in [9.17, 15) is 14.0 Å². The number of benzene rings is 1. The van der Waals surface area contributed by atoms with Gasteiger partial charge in [-0.05, 0) is 62.2 Å². The first-order chi connectivity index (χ1) is 14.7. The van der Waals surface area contributed by atoms with Crippen molar-refractivity contribution in [1.29, 1.82) is 0 Å². The molecule has 0 aliphatic rings. The van der Waals surface area contributed by atoms with Gasteiger partial charge in [0.1, 0.15) is 17.0 Å². The highest BCUT2D eigenvalue weighted by Crippen LogP contribution is 2.22. The molecule has 0 atom stereocenters. The molecule has 0 spiro atoms. The number of rotatable bonds is 3. The van der Waals surface area contributed by atoms with Gasteiger partial charge in [0, 0.05) is 16.9 Å². The second-order valence-electron chi connectivity index (χ2n) is 7.15. The van der Waals surface area contributed by atoms with Crippen molar-refractivity contribution in [3.63, 3.8) is 0 Å². The minimum absolute atomic E-state index is 0.0139. The molecule has 156 valence electrons. The van der Waals surface area contributed by atoms with E-state index in [1.807, 2.05) is 13.8 Å². The Morgan fingerprint density at radius 1 is 1.13 bits per heavy atom. The first-order valence-electron chi connectivity index (χ1n) is 9.34. The standard InChI is InChI=1S/C22H17ClFN5O2/c1-11-6-15(10-25-9-11)27-22(31)20-21(30)19-18(7-12(2)13(3)26-19)29(28-20)17-5-4-14(23)8-16(17)24/h4-10H,1-3H3,(H,27,31). The number of fused-ring (bicyclic) bond motifs is 1. The number of carbonyl (C=O) groups excluding carboxylic acids is 1. The molecule has 4 rings (SSSR count). The summed E-state index contributed by atoms with van der Waals surface area (Å²) >= 11 is 5.88. The van der Waals surface area contributed by atoms with Crippen LogP contribution in [0, 0.1) is 26.6 Å². The summed E-state index contributed by atoms with van der Waals surface area (Å²) in [6.45, 7) is 5.39. The SMILES string of the molecule is Cc1cncc(NC(=O)c2nn(-c3ccc(Cl)cc3F)c3cc(C)c(C)nc3c2=O)c1. The minimum atomic E-state index is -0.748. The van der Waals surface area contributed by atoms with E-state index in [2.05, 4.69) is 20.4 Å². The second kappa shape index (κ2) is 7.88. The van der Waals surface area contributed by atoms with Gasteiger partial charge in [0.15, 0.2) is 5.69 Å². The highest BCUT2D eigenvalue weighted by Gasteiger charge is 2.21. The Morgan fingerprint density at radius 3 is 2.61 bits per heavy atom. The number of halogens is 2. The monoisotopic (exact) mass is 437 g/mol. The molecule has 1 aromatic carbocycles. The summed E-state index contributed by atoms with van der Waals surface area (Å²) in [7, 11) is 0. The van der Waals surface area contributed by atoms with Crippen LogP contribution in [-0.2, 0) is 0 Å². The van der Waals surface area contributed by atoms with Gasteiger partial charge in [-0.1, -0.05) is 11.6 Å². The van der Waals surface area contributed by atoms with Gasteiger partial charge in [0.05, 0.1) is 17.4 Å². The van der Waals surface area contributed by atoms with Gasteiger partial charge in [-0.3, -0.25) is 14.6 Å². The molecule has 31 heavy (non-hydrogen) atoms. The Balaban J connectivity index is 1.96. The molecular weight excluding hydrogens is 421 g/mol. The van der Waals surface area contributed by atoms with Crippen molar-refractivity contribution in [3.8, 4) is 5.69 Å². The molecule has 0 bridgehead atoms. The van der Waals surface area contributed by atoms with Crippen LogP contribution in [0.1, 0.15) is 27.3 Å². The Morgan fingerprint density at radius 2 is 1.90 bits per heavy atom. The Kier molecular flexibility index (Phi) is 5.24. The fourth-order valence-corrected chi connectivity index (χ4v) is 3.29. The summed E-state index contributed by atoms with van der Waals surface area (Å²) in [5.41, 5.74) is 1.91. The number of pyridine rings is 2. The van der Waals surface area contributed by atoms with Crippen molar-refractivity contribution >= 4 is 34.2 Å². The molecule has 0 unspecified atom stereocenters. The second-order valence-corrected chi connectivity index (χ2v) is 7.59. The maximum Gasteiger partial charge on any atom is 0.280 e. The predicted molar refractivity (Wildman–Crippen MR) is 117 cm³/mol. The fraction of sp³-hybridized carbons (Fsp3) is 0.136. The largest absolute Gasteiger partial charge is 0.319 e. The molecular formula is C22H17ClFN5O2. The van der Waals surface area contributed by atoms with Gasteiger partial charge in [0.25, 0.3) is 5.91 Å². The molecule has 0 aliphatic carbocycles. The van der Waals surface area contributed by atoms with E-state index in [4.69, 9.17) is 11.6 Å². The summed E-state index contributed by atoms with van der Waals surface area (Å²) in [5, 5.41) is 7.02. The number of aromatic nitrogens is 4. The summed E-state index contributed by atoms with van der Waals surface area (Å²) in [5.74, 6) is -1.40. The van der Waals surface area contributed by atoms with Crippen molar-refractivity contribution in [2.45, 2.75) is 20.8 Å². The third-order valence-corrected chi connectivity index (χ3v) is 5.03. The van der Waals surface area contributed by atoms with E-state index in [1.54, 1.807) is 25.3 Å². The number of carbonyl (C=O) groups is 1. The van der Waals surface area contributed by atoms with Crippen LogP contribution in [-0.4, -0.2) is 25.7 Å². The number of anilines is 1. The van der Waals surface area contributed by atoms with Crippen LogP contribution in [0.4, 0.5) is 10.1 Å². The van der Waals surface area contributed by atoms with Crippen molar-refractivity contribution in [1.82, 2.24) is 19.7 Å². The molecule has 0 aliphatic heterocycles. The zero-order chi connectivity index (χ0) is 22.3. The predicted octanol–water partition coefficient (Wildman–Crippen LogP) is 4.15. The first kappa shape index (κ1) is 20.6. The van der Waals surface area contributed by atoms with Crippen molar-refractivity contribution in [2.24, 2.45) is 0 Å². The van der Waals surface area contributed by atoms with Crippen LogP contribution in [0.15, 0.2) is 47.5 Å². The molecule has 1 N–H and O–H groups in total. The van der Waals surface area contributed by atoms with Crippen molar-refractivity contribution < 1.29 is 9.18 Å². The normalized spacial score (nSPS) is 11.0. The third-order valence-electron chi connectivity index (χ3n) is 4.79. The lowest BCUT2D eigenvalue weighted by Crippen LogP contribution is -2.28. The molecule has 4 aromatic rings. The molecule has 3 aromatic heterocycles. The van der Waals surface area contributed by atoms with E-state index < -0.39 is 22.8 Å². The average Bonchev–Trinajstić information content (AvgIpc) is 2.70. The number of nitrogens with zero attached hydrogens (tertiary/aromatic N) is 4. The van der Waals surface area contributed by atoms with Crippen LogP contribution in [0.3, 0.4) is 0 Å². The molecule has 9 heteroatoms. The lowest BCUT2D eigenvalue weighted by atomic mass is 10.1. The van der Waals surface area contributed by atoms with E-state index in [-0.39, 0.29) is 21.7 Å². The average molecular weight is 438 g/mol. The van der Waals surface area contributed by atoms with Gasteiger partial charge < -0.3 is 5.32 Å². The third kappa shape index (κ3) is 3.89. The molecule has 0 saturated carbocycles. The van der Waals surface area contributed by atoms with E-state index in [1.165, 1.54) is 23.0 Å². The van der Waals surface area contributed by atoms with Crippen LogP contribution in [0.25, 0.3) is 16.7 Å². The Bertz CT molecular complexity index is 1420. The summed E-state index contributed by atoms with van der Waals surface area (Å²) in [6, 6.07) is 7.45. The van der Waals surface area contributed by atoms with E-state index >= 15 is 0 Å². The lowest BCUT2D eigenvalue weighted by molar-refractivity contribution is 0.102. The highest BCUT2D eigenvalue weighted by molar-refractivity contribution is 6.30. The smallest absolute Gasteiger partial charge is 0.280 e. The summed E-state index contributed by atoms with van der Waals surface area (Å²) < 4.78 is 15.9. The van der Waals surface area contributed by atoms with Crippen LogP contribution in [0.5, 0.6) is 0 Å². The van der Waals surface area contributed by atoms with Gasteiger partial charge in [-0.25, -0.2) is 14.1 Å². The quantitative estimate of drug-likeness (QED) is 0.520. The summed E-state index contributed by atoms with van der Waals surface area (Å²) in [4.78, 5) is 34.4. The Labute approximate surface area is 181 Å². The molecule has 0 radical (unpaired) electrons. The number of nitrogens with one attached hydrogen (secondary N) is 1. The number of hydrogen-bond donors (Lipinski definition) is 1. The van der Waals surface area contributed by atoms with Crippen LogP contribution < -0.4 is 10.7 Å². The van der Waals surface area contributed by atoms with Crippen LogP contribution in [0.2, 0.25) is 5.02 Å². The summed E-state index contributed by atoms with van der Waals surface area (Å²) in [6.07, 6.45) is 3.09. The molecule has 0 saturated heterocycles. The van der Waals surface area contributed by atoms with Gasteiger partial charge in [-0.15, -0.1) is 0 Å². The lowest BCUT2D eigenvalue weighted by Gasteiger charge is -2.14. The number of hydrogen-bond acceptors (Lipinski definition) is 5. The zero-order valence-electron chi connectivity index (χ0n) is 16.9. The first-order valence-corrected chi connectivity index (χ1v) is 9.72. The van der Waals surface area contributed by atoms with Crippen LogP contribution >= 0.6 is 11.6 Å². The zero-order valence-corrected chi connectivity index (χ0v) is 17.7. The van der Waals surface area contributed by atoms with Gasteiger partial charge in [-0.2, -0.15) is 5.10 Å². The molecule has 1 amide bonds. The maximum atomic E-state index is 14.7. The van der Waals surface area contributed by atoms with Crippen molar-refractivity contribution in [3.05, 3.63) is 86.3 Å².